The van der Waals surface area contributed by atoms with Gasteiger partial charge in [0.25, 0.3) is 0 Å². The average molecular weight is 238 g/mol. The van der Waals surface area contributed by atoms with Crippen LogP contribution >= 0.6 is 0 Å². The zero-order chi connectivity index (χ0) is 12.5. The van der Waals surface area contributed by atoms with Crippen molar-refractivity contribution in [3.63, 3.8) is 0 Å². The van der Waals surface area contributed by atoms with Gasteiger partial charge >= 0.3 is 0 Å². The Kier molecular flexibility index (Phi) is 3.84. The first-order valence-corrected chi connectivity index (χ1v) is 7.59. The second-order valence-corrected chi connectivity index (χ2v) is 6.49. The van der Waals surface area contributed by atoms with Gasteiger partial charge in [-0.3, -0.25) is 4.90 Å². The molecule has 1 aliphatic heterocycles. The zero-order valence-corrected chi connectivity index (χ0v) is 12.2. The van der Waals surface area contributed by atoms with Gasteiger partial charge in [0.15, 0.2) is 0 Å². The van der Waals surface area contributed by atoms with E-state index in [-0.39, 0.29) is 0 Å². The number of hydrogen-bond acceptors (Lipinski definition) is 2. The van der Waals surface area contributed by atoms with Crippen LogP contribution in [-0.4, -0.2) is 35.1 Å². The van der Waals surface area contributed by atoms with E-state index in [9.17, 15) is 0 Å². The van der Waals surface area contributed by atoms with E-state index in [1.807, 2.05) is 0 Å². The summed E-state index contributed by atoms with van der Waals surface area (Å²) in [6.45, 7) is 11.9. The molecule has 2 aliphatic rings. The summed E-state index contributed by atoms with van der Waals surface area (Å²) in [5.41, 5.74) is 0.861. The third kappa shape index (κ3) is 2.26. The molecular weight excluding hydrogens is 208 g/mol. The first-order chi connectivity index (χ1) is 8.07. The highest BCUT2D eigenvalue weighted by Crippen LogP contribution is 2.40. The van der Waals surface area contributed by atoms with Crippen LogP contribution in [0.5, 0.6) is 0 Å². The molecular formula is C15H30N2. The molecule has 0 aromatic heterocycles. The van der Waals surface area contributed by atoms with E-state index in [0.29, 0.717) is 17.1 Å². The quantitative estimate of drug-likeness (QED) is 0.812. The summed E-state index contributed by atoms with van der Waals surface area (Å²) in [4.78, 5) is 2.82. The Morgan fingerprint density at radius 2 is 1.71 bits per heavy atom. The van der Waals surface area contributed by atoms with E-state index < -0.39 is 0 Å². The predicted octanol–water partition coefficient (Wildman–Crippen LogP) is 3.17. The fraction of sp³-hybridized carbons (Fsp3) is 1.00. The summed E-state index contributed by atoms with van der Waals surface area (Å²) in [5.74, 6) is 0. The largest absolute Gasteiger partial charge is 0.308 e. The molecule has 0 atom stereocenters. The molecule has 0 aromatic rings. The summed E-state index contributed by atoms with van der Waals surface area (Å²) in [7, 11) is 0. The van der Waals surface area contributed by atoms with E-state index >= 15 is 0 Å². The van der Waals surface area contributed by atoms with Crippen LogP contribution in [-0.2, 0) is 0 Å². The normalized spacial score (nSPS) is 28.1. The zero-order valence-electron chi connectivity index (χ0n) is 12.2. The monoisotopic (exact) mass is 238 g/mol. The van der Waals surface area contributed by atoms with Gasteiger partial charge in [0.05, 0.1) is 0 Å². The van der Waals surface area contributed by atoms with Gasteiger partial charge in [-0.05, 0) is 39.5 Å². The lowest BCUT2D eigenvalue weighted by Gasteiger charge is -2.55. The number of hydrogen-bond donors (Lipinski definition) is 1. The van der Waals surface area contributed by atoms with Crippen molar-refractivity contribution in [3.8, 4) is 0 Å². The van der Waals surface area contributed by atoms with Gasteiger partial charge < -0.3 is 5.32 Å². The predicted molar refractivity (Wildman–Crippen MR) is 74.4 cm³/mol. The molecule has 17 heavy (non-hydrogen) atoms. The molecule has 0 radical (unpaired) electrons. The summed E-state index contributed by atoms with van der Waals surface area (Å²) >= 11 is 0. The third-order valence-corrected chi connectivity index (χ3v) is 5.39. The fourth-order valence-corrected chi connectivity index (χ4v) is 3.95. The lowest BCUT2D eigenvalue weighted by atomic mass is 9.81. The highest BCUT2D eigenvalue weighted by Gasteiger charge is 2.48. The van der Waals surface area contributed by atoms with E-state index in [1.165, 1.54) is 51.6 Å². The van der Waals surface area contributed by atoms with Gasteiger partial charge in [-0.2, -0.15) is 0 Å². The second-order valence-electron chi connectivity index (χ2n) is 6.49. The van der Waals surface area contributed by atoms with Crippen molar-refractivity contribution >= 4 is 0 Å². The van der Waals surface area contributed by atoms with Crippen LogP contribution in [0.3, 0.4) is 0 Å². The molecule has 2 nitrogen and oxygen atoms in total. The summed E-state index contributed by atoms with van der Waals surface area (Å²) in [6, 6.07) is 0.688. The number of nitrogens with one attached hydrogen (secondary N) is 1. The maximum absolute atomic E-state index is 3.91. The van der Waals surface area contributed by atoms with Crippen LogP contribution in [0.2, 0.25) is 0 Å². The van der Waals surface area contributed by atoms with Gasteiger partial charge in [-0.25, -0.2) is 0 Å². The summed E-state index contributed by atoms with van der Waals surface area (Å²) < 4.78 is 0. The van der Waals surface area contributed by atoms with Gasteiger partial charge in [0.2, 0.25) is 0 Å². The van der Waals surface area contributed by atoms with Crippen molar-refractivity contribution in [2.45, 2.75) is 83.3 Å². The van der Waals surface area contributed by atoms with Gasteiger partial charge in [-0.15, -0.1) is 0 Å². The molecule has 1 spiro atoms. The first-order valence-electron chi connectivity index (χ1n) is 7.59. The highest BCUT2D eigenvalue weighted by atomic mass is 15.3. The molecule has 1 saturated heterocycles. The smallest absolute Gasteiger partial charge is 0.0337 e. The molecule has 100 valence electrons. The minimum atomic E-state index is 0.373. The summed E-state index contributed by atoms with van der Waals surface area (Å²) in [5, 5.41) is 3.91. The van der Waals surface area contributed by atoms with Crippen LogP contribution in [0.1, 0.15) is 66.2 Å². The second kappa shape index (κ2) is 4.89. The molecule has 2 rings (SSSR count). The van der Waals surface area contributed by atoms with Crippen LogP contribution in [0, 0.1) is 0 Å². The maximum Gasteiger partial charge on any atom is 0.0337 e. The third-order valence-electron chi connectivity index (χ3n) is 5.39. The molecule has 0 unspecified atom stereocenters. The molecule has 1 heterocycles. The molecule has 1 aliphatic carbocycles. The standard InChI is InChI=1S/C15H30N2/c1-5-14(6-2)12-17(13(3)4)15(11-16-14)9-7-8-10-15/h13,16H,5-12H2,1-4H3. The first kappa shape index (κ1) is 13.4. The number of rotatable bonds is 3. The van der Waals surface area contributed by atoms with Crippen molar-refractivity contribution in [2.24, 2.45) is 0 Å². The molecule has 0 aromatic carbocycles. The topological polar surface area (TPSA) is 15.3 Å². The van der Waals surface area contributed by atoms with Crippen molar-refractivity contribution in [1.29, 1.82) is 0 Å². The SMILES string of the molecule is CCC1(CC)CN(C(C)C)C2(CCCC2)CN1. The van der Waals surface area contributed by atoms with Crippen LogP contribution in [0.25, 0.3) is 0 Å². The van der Waals surface area contributed by atoms with Crippen molar-refractivity contribution in [2.75, 3.05) is 13.1 Å². The van der Waals surface area contributed by atoms with E-state index in [0.717, 1.165) is 0 Å². The lowest BCUT2D eigenvalue weighted by molar-refractivity contribution is -0.0177. The maximum atomic E-state index is 3.91. The molecule has 1 N–H and O–H groups in total. The lowest BCUT2D eigenvalue weighted by Crippen LogP contribution is -2.70. The molecule has 0 amide bonds. The minimum Gasteiger partial charge on any atom is -0.308 e. The van der Waals surface area contributed by atoms with Crippen LogP contribution in [0.4, 0.5) is 0 Å². The van der Waals surface area contributed by atoms with E-state index in [1.54, 1.807) is 0 Å². The summed E-state index contributed by atoms with van der Waals surface area (Å²) in [6.07, 6.45) is 8.17. The van der Waals surface area contributed by atoms with Crippen molar-refractivity contribution < 1.29 is 0 Å². The van der Waals surface area contributed by atoms with Gasteiger partial charge in [0.1, 0.15) is 0 Å². The van der Waals surface area contributed by atoms with Crippen molar-refractivity contribution in [3.05, 3.63) is 0 Å². The van der Waals surface area contributed by atoms with E-state index in [4.69, 9.17) is 0 Å². The van der Waals surface area contributed by atoms with Crippen LogP contribution in [0.15, 0.2) is 0 Å². The van der Waals surface area contributed by atoms with Gasteiger partial charge in [0, 0.05) is 30.2 Å². The minimum absolute atomic E-state index is 0.373. The molecule has 2 heteroatoms. The Morgan fingerprint density at radius 3 is 2.18 bits per heavy atom. The Labute approximate surface area is 107 Å². The number of nitrogens with zero attached hydrogens (tertiary/aromatic N) is 1. The fourth-order valence-electron chi connectivity index (χ4n) is 3.95. The molecule has 1 saturated carbocycles. The van der Waals surface area contributed by atoms with Crippen LogP contribution < -0.4 is 5.32 Å². The van der Waals surface area contributed by atoms with Gasteiger partial charge in [-0.1, -0.05) is 26.7 Å². The Bertz CT molecular complexity index is 250. The number of piperazine rings is 1. The van der Waals surface area contributed by atoms with Crippen molar-refractivity contribution in [1.82, 2.24) is 10.2 Å². The average Bonchev–Trinajstić information content (AvgIpc) is 2.80. The Hall–Kier alpha value is -0.0800. The molecule has 2 fully saturated rings. The molecule has 0 bridgehead atoms. The Morgan fingerprint density at radius 1 is 1.12 bits per heavy atom. The Balaban J connectivity index is 2.18. The van der Waals surface area contributed by atoms with E-state index in [2.05, 4.69) is 37.9 Å². The highest BCUT2D eigenvalue weighted by molar-refractivity contribution is 5.07.